The van der Waals surface area contributed by atoms with Crippen LogP contribution in [-0.2, 0) is 33.5 Å². The number of nitrogens with one attached hydrogen (secondary N) is 1. The molecule has 324 valence electrons. The van der Waals surface area contributed by atoms with E-state index >= 15 is 0 Å². The fraction of sp³-hybridized carbons (Fsp3) is 0.417. The van der Waals surface area contributed by atoms with Gasteiger partial charge in [-0.15, -0.1) is 0 Å². The largest absolute Gasteiger partial charge is 0.504 e. The van der Waals surface area contributed by atoms with E-state index in [0.717, 1.165) is 48.8 Å². The van der Waals surface area contributed by atoms with Crippen molar-refractivity contribution >= 4 is 17.7 Å². The van der Waals surface area contributed by atoms with Gasteiger partial charge in [-0.05, 0) is 103 Å². The van der Waals surface area contributed by atoms with Crippen LogP contribution < -0.4 is 26.3 Å². The number of ether oxygens (including phenoxy) is 4. The van der Waals surface area contributed by atoms with Crippen molar-refractivity contribution in [2.24, 2.45) is 34.4 Å². The molecular weight excluding hydrogens is 789 g/mol. The summed E-state index contributed by atoms with van der Waals surface area (Å²) in [6, 6.07) is 16.0. The Hall–Kier alpha value is -6.46. The lowest BCUT2D eigenvalue weighted by molar-refractivity contribution is -0.179. The van der Waals surface area contributed by atoms with Crippen molar-refractivity contribution in [3.63, 3.8) is 0 Å². The van der Waals surface area contributed by atoms with Crippen LogP contribution in [0.15, 0.2) is 90.3 Å². The molecule has 0 radical (unpaired) electrons. The van der Waals surface area contributed by atoms with Crippen molar-refractivity contribution in [2.45, 2.75) is 88.7 Å². The highest BCUT2D eigenvalue weighted by Gasteiger charge is 2.47. The number of hydrogen-bond acceptors (Lipinski definition) is 12. The number of phenolic OH excluding ortho intramolecular Hbond substituents is 3. The summed E-state index contributed by atoms with van der Waals surface area (Å²) in [6.45, 7) is 2.16. The highest BCUT2D eigenvalue weighted by atomic mass is 16.6. The monoisotopic (exact) mass is 842 g/mol. The topological polar surface area (TPSA) is 217 Å². The number of pyridine rings is 2. The maximum absolute atomic E-state index is 12.6. The van der Waals surface area contributed by atoms with Gasteiger partial charge >= 0.3 is 5.97 Å². The Balaban J connectivity index is 1.07. The number of rotatable bonds is 11. The Bertz CT molecular complexity index is 2350. The number of aryl methyl sites for hydroxylation is 1. The molecule has 2 aromatic heterocycles. The Labute approximate surface area is 361 Å². The summed E-state index contributed by atoms with van der Waals surface area (Å²) in [6.07, 6.45) is 12.7. The van der Waals surface area contributed by atoms with E-state index in [4.69, 9.17) is 30.4 Å². The van der Waals surface area contributed by atoms with Crippen LogP contribution in [0, 0.1) is 35.5 Å². The summed E-state index contributed by atoms with van der Waals surface area (Å²) >= 11 is 0. The van der Waals surface area contributed by atoms with E-state index in [1.54, 1.807) is 30.7 Å². The number of nitrogens with two attached hydrogens (primary N) is 2. The highest BCUT2D eigenvalue weighted by molar-refractivity contribution is 5.78. The van der Waals surface area contributed by atoms with Gasteiger partial charge < -0.3 is 51.1 Å². The number of aromatic nitrogens is 2. The predicted molar refractivity (Wildman–Crippen MR) is 232 cm³/mol. The number of nitrogen functional groups attached to an aromatic ring is 1. The first-order valence-electron chi connectivity index (χ1n) is 21.4. The fourth-order valence-electron chi connectivity index (χ4n) is 9.24. The van der Waals surface area contributed by atoms with Crippen molar-refractivity contribution in [2.75, 3.05) is 18.9 Å². The van der Waals surface area contributed by atoms with E-state index in [2.05, 4.69) is 44.3 Å². The number of phenols is 3. The number of esters is 1. The molecule has 9 unspecified atom stereocenters. The van der Waals surface area contributed by atoms with Crippen molar-refractivity contribution in [3.8, 4) is 40.6 Å². The van der Waals surface area contributed by atoms with E-state index in [1.807, 2.05) is 36.4 Å². The third-order valence-electron chi connectivity index (χ3n) is 12.3. The summed E-state index contributed by atoms with van der Waals surface area (Å²) in [4.78, 5) is 25.4. The normalized spacial score (nSPS) is 26.5. The van der Waals surface area contributed by atoms with E-state index in [1.165, 1.54) is 13.0 Å². The molecule has 2 fully saturated rings. The molecule has 14 nitrogen and oxygen atoms in total. The number of allylic oxidation sites excluding steroid dienone is 1. The Morgan fingerprint density at radius 1 is 1.02 bits per heavy atom. The number of nitrogens with zero attached hydrogens (tertiary/aromatic N) is 3. The van der Waals surface area contributed by atoms with Gasteiger partial charge in [0.25, 0.3) is 0 Å². The van der Waals surface area contributed by atoms with Gasteiger partial charge in [0.05, 0.1) is 24.7 Å². The molecule has 4 aromatic rings. The average molecular weight is 843 g/mol. The van der Waals surface area contributed by atoms with Crippen LogP contribution >= 0.6 is 0 Å². The van der Waals surface area contributed by atoms with E-state index in [0.29, 0.717) is 48.9 Å². The molecule has 62 heavy (non-hydrogen) atoms. The number of fused-ring (bicyclic) bond motifs is 6. The van der Waals surface area contributed by atoms with Gasteiger partial charge in [0, 0.05) is 68.7 Å². The number of benzene rings is 2. The van der Waals surface area contributed by atoms with Crippen LogP contribution in [0.1, 0.15) is 67.4 Å². The van der Waals surface area contributed by atoms with Crippen LogP contribution in [0.3, 0.4) is 0 Å². The molecule has 9 atom stereocenters. The Kier molecular flexibility index (Phi) is 13.0. The van der Waals surface area contributed by atoms with Gasteiger partial charge in [-0.3, -0.25) is 14.8 Å². The molecule has 2 aromatic carbocycles. The van der Waals surface area contributed by atoms with Gasteiger partial charge in [0.15, 0.2) is 29.0 Å². The van der Waals surface area contributed by atoms with Crippen molar-refractivity contribution < 1.29 is 39.1 Å². The number of guanidine groups is 1. The zero-order valence-corrected chi connectivity index (χ0v) is 34.7. The van der Waals surface area contributed by atoms with Crippen molar-refractivity contribution in [3.05, 3.63) is 108 Å². The molecule has 1 saturated heterocycles. The van der Waals surface area contributed by atoms with Gasteiger partial charge in [0.1, 0.15) is 18.0 Å². The molecule has 14 heteroatoms. The second-order valence-electron chi connectivity index (χ2n) is 16.6. The lowest BCUT2D eigenvalue weighted by Crippen LogP contribution is -2.51. The molecule has 4 aliphatic rings. The molecule has 4 heterocycles. The van der Waals surface area contributed by atoms with Crippen LogP contribution in [0.2, 0.25) is 0 Å². The quantitative estimate of drug-likeness (QED) is 0.0204. The standard InChI is InChI=1S/C48H54N6O8/c1-28(55)60-42-26-41(33-24-39(57)46(58)44(25-33)59-20-16-30-6-3-17-51-27-30)62-47-35(42)13-11-32-10-12-34-37(54-48(50)53-18-4-5-29-15-19-52-45(49)23-29)7-2-8-40(34)61-43-22-31(21-36(32)47)9-14-38(43)56/h3,6,9,11,13-15,17,19,22-25,27,32,34-37,40-42,47,56-58H,2,4-5,7-8,16,18,20-21,26H2,1H3,(H2,49,52)(H3,50,53,54). The molecule has 2 aliphatic heterocycles. The zero-order chi connectivity index (χ0) is 43.2. The second kappa shape index (κ2) is 19.1. The van der Waals surface area contributed by atoms with Crippen LogP contribution in [0.4, 0.5) is 5.82 Å². The lowest BCUT2D eigenvalue weighted by Gasteiger charge is -2.47. The lowest BCUT2D eigenvalue weighted by atomic mass is 9.69. The summed E-state index contributed by atoms with van der Waals surface area (Å²) in [5.74, 6) is 6.40. The summed E-state index contributed by atoms with van der Waals surface area (Å²) in [5.41, 5.74) is 15.9. The maximum Gasteiger partial charge on any atom is 0.302 e. The number of hydrogen-bond donors (Lipinski definition) is 6. The maximum atomic E-state index is 12.6. The number of carbonyl (C=O) groups excluding carboxylic acids is 1. The first-order chi connectivity index (χ1) is 30.1. The number of anilines is 1. The van der Waals surface area contributed by atoms with E-state index in [-0.39, 0.29) is 65.4 Å². The van der Waals surface area contributed by atoms with Gasteiger partial charge in [-0.25, -0.2) is 4.98 Å². The number of aromatic hydroxyl groups is 3. The predicted octanol–water partition coefficient (Wildman–Crippen LogP) is 5.69. The molecule has 0 spiro atoms. The first-order valence-corrected chi connectivity index (χ1v) is 21.4. The third kappa shape index (κ3) is 10.0. The smallest absolute Gasteiger partial charge is 0.302 e. The van der Waals surface area contributed by atoms with E-state index in [9.17, 15) is 20.1 Å². The number of aliphatic imine (C=N–C) groups is 1. The minimum absolute atomic E-state index is 0.0410. The molecule has 1 saturated carbocycles. The second-order valence-corrected chi connectivity index (χ2v) is 16.6. The number of carbonyl (C=O) groups is 1. The SMILES string of the molecule is CC(=O)OC1CC(c2cc(O)c(O)c(OCCc3cccnc3)c2)OC2C1C=CC1C#CC3C(NC(N)=NCCCc4ccnc(N)c4)CCCC3Oc3cc(ccc3O)CC12. The van der Waals surface area contributed by atoms with Gasteiger partial charge in [-0.2, -0.15) is 0 Å². The molecule has 0 amide bonds. The van der Waals surface area contributed by atoms with Crippen LogP contribution in [-0.4, -0.2) is 74.7 Å². The third-order valence-corrected chi connectivity index (χ3v) is 12.3. The molecule has 2 bridgehead atoms. The van der Waals surface area contributed by atoms with Crippen LogP contribution in [0.5, 0.6) is 28.7 Å². The summed E-state index contributed by atoms with van der Waals surface area (Å²) < 4.78 is 25.7. The van der Waals surface area contributed by atoms with Crippen LogP contribution in [0.25, 0.3) is 0 Å². The Morgan fingerprint density at radius 3 is 2.73 bits per heavy atom. The molecule has 2 aliphatic carbocycles. The van der Waals surface area contributed by atoms with Gasteiger partial charge in [-0.1, -0.05) is 36.1 Å². The Morgan fingerprint density at radius 2 is 1.90 bits per heavy atom. The summed E-state index contributed by atoms with van der Waals surface area (Å²) in [5, 5.41) is 36.2. The van der Waals surface area contributed by atoms with Crippen molar-refractivity contribution in [1.29, 1.82) is 0 Å². The summed E-state index contributed by atoms with van der Waals surface area (Å²) in [7, 11) is 0. The van der Waals surface area contributed by atoms with Gasteiger partial charge in [0.2, 0.25) is 5.75 Å². The zero-order valence-electron chi connectivity index (χ0n) is 34.7. The van der Waals surface area contributed by atoms with Crippen molar-refractivity contribution in [1.82, 2.24) is 15.3 Å². The minimum Gasteiger partial charge on any atom is -0.504 e. The minimum atomic E-state index is -0.633. The average Bonchev–Trinajstić information content (AvgIpc) is 3.27. The molecule has 8 rings (SSSR count). The molecular formula is C48H54N6O8. The van der Waals surface area contributed by atoms with E-state index < -0.39 is 24.3 Å². The fourth-order valence-corrected chi connectivity index (χ4v) is 9.24. The molecule has 8 N–H and O–H groups in total. The highest BCUT2D eigenvalue weighted by Crippen LogP contribution is 2.48. The first kappa shape index (κ1) is 42.2.